The van der Waals surface area contributed by atoms with Crippen LogP contribution in [0, 0.1) is 5.92 Å². The highest BCUT2D eigenvalue weighted by Gasteiger charge is 1.81. The van der Waals surface area contributed by atoms with Gasteiger partial charge in [-0.1, -0.05) is 13.8 Å². The SMILES string of the molecule is CC(C)CO.[SiH4]. The molecular formula is C4H14OSi. The lowest BCUT2D eigenvalue weighted by Gasteiger charge is -1.90. The van der Waals surface area contributed by atoms with Gasteiger partial charge < -0.3 is 5.11 Å². The van der Waals surface area contributed by atoms with Crippen LogP contribution in [0.4, 0.5) is 0 Å². The maximum absolute atomic E-state index is 8.14. The predicted octanol–water partition coefficient (Wildman–Crippen LogP) is -0.817. The van der Waals surface area contributed by atoms with E-state index in [1.807, 2.05) is 13.8 Å². The van der Waals surface area contributed by atoms with E-state index in [1.165, 1.54) is 0 Å². The van der Waals surface area contributed by atoms with Crippen LogP contribution < -0.4 is 0 Å². The van der Waals surface area contributed by atoms with Crippen LogP contribution >= 0.6 is 0 Å². The summed E-state index contributed by atoms with van der Waals surface area (Å²) in [4.78, 5) is 0. The standard InChI is InChI=1S/C4H10O.H4Si/c1-4(2)3-5;/h4-5H,3H2,1-2H3;1H4. The molecule has 0 aromatic carbocycles. The molecule has 0 heterocycles. The molecule has 0 spiro atoms. The van der Waals surface area contributed by atoms with Crippen molar-refractivity contribution in [1.82, 2.24) is 0 Å². The molecule has 0 radical (unpaired) electrons. The van der Waals surface area contributed by atoms with E-state index in [9.17, 15) is 0 Å². The minimum Gasteiger partial charge on any atom is -0.396 e. The maximum Gasteiger partial charge on any atom is 0.0453 e. The Kier molecular flexibility index (Phi) is 8.19. The van der Waals surface area contributed by atoms with E-state index >= 15 is 0 Å². The van der Waals surface area contributed by atoms with Crippen LogP contribution in [0.25, 0.3) is 0 Å². The van der Waals surface area contributed by atoms with E-state index in [-0.39, 0.29) is 11.0 Å². The van der Waals surface area contributed by atoms with E-state index in [4.69, 9.17) is 5.11 Å². The van der Waals surface area contributed by atoms with Crippen molar-refractivity contribution in [3.63, 3.8) is 0 Å². The first-order valence-electron chi connectivity index (χ1n) is 1.88. The molecule has 0 saturated carbocycles. The van der Waals surface area contributed by atoms with Crippen LogP contribution in [0.3, 0.4) is 0 Å². The largest absolute Gasteiger partial charge is 0.396 e. The predicted molar refractivity (Wildman–Crippen MR) is 33.3 cm³/mol. The Balaban J connectivity index is 0. The Labute approximate surface area is 43.4 Å². The topological polar surface area (TPSA) is 20.2 Å². The third-order valence-electron chi connectivity index (χ3n) is 0.365. The molecule has 0 aliphatic rings. The number of hydrogen-bond donors (Lipinski definition) is 1. The molecule has 0 atom stereocenters. The van der Waals surface area contributed by atoms with Crippen molar-refractivity contribution in [3.8, 4) is 0 Å². The lowest BCUT2D eigenvalue weighted by atomic mass is 10.2. The number of hydrogen-bond acceptors (Lipinski definition) is 1. The zero-order chi connectivity index (χ0) is 4.28. The third kappa shape index (κ3) is 8.90. The van der Waals surface area contributed by atoms with Gasteiger partial charge in [-0.15, -0.1) is 0 Å². The Bertz CT molecular complexity index is 21.5. The van der Waals surface area contributed by atoms with Crippen molar-refractivity contribution in [2.24, 2.45) is 5.92 Å². The van der Waals surface area contributed by atoms with Gasteiger partial charge in [-0.3, -0.25) is 0 Å². The molecule has 0 rings (SSSR count). The van der Waals surface area contributed by atoms with Crippen molar-refractivity contribution in [3.05, 3.63) is 0 Å². The Morgan fingerprint density at radius 3 is 1.67 bits per heavy atom. The van der Waals surface area contributed by atoms with Gasteiger partial charge >= 0.3 is 0 Å². The van der Waals surface area contributed by atoms with Gasteiger partial charge in [0.25, 0.3) is 0 Å². The molecule has 0 aromatic heterocycles. The van der Waals surface area contributed by atoms with Crippen LogP contribution in [0.1, 0.15) is 13.8 Å². The zero-order valence-corrected chi connectivity index (χ0v) is 3.73. The normalized spacial score (nSPS) is 8.00. The third-order valence-corrected chi connectivity index (χ3v) is 0.365. The van der Waals surface area contributed by atoms with Gasteiger partial charge in [-0.05, 0) is 16.9 Å². The van der Waals surface area contributed by atoms with Gasteiger partial charge in [0.2, 0.25) is 0 Å². The average molecular weight is 106 g/mol. The fourth-order valence-corrected chi connectivity index (χ4v) is 0. The zero-order valence-electron chi connectivity index (χ0n) is 3.73. The van der Waals surface area contributed by atoms with Crippen molar-refractivity contribution < 1.29 is 5.11 Å². The minimum atomic E-state index is 0. The highest BCUT2D eigenvalue weighted by molar-refractivity contribution is 5.75. The molecule has 0 aliphatic heterocycles. The second-order valence-corrected chi connectivity index (χ2v) is 1.58. The molecule has 0 bridgehead atoms. The Hall–Kier alpha value is 0.177. The molecule has 40 valence electrons. The monoisotopic (exact) mass is 106 g/mol. The highest BCUT2D eigenvalue weighted by atomic mass is 28.1. The van der Waals surface area contributed by atoms with Crippen molar-refractivity contribution in [2.45, 2.75) is 13.8 Å². The first kappa shape index (κ1) is 9.49. The Morgan fingerprint density at radius 1 is 1.50 bits per heavy atom. The maximum atomic E-state index is 8.14. The molecule has 0 unspecified atom stereocenters. The van der Waals surface area contributed by atoms with Gasteiger partial charge in [-0.25, -0.2) is 0 Å². The summed E-state index contributed by atoms with van der Waals surface area (Å²) >= 11 is 0. The van der Waals surface area contributed by atoms with Crippen molar-refractivity contribution in [1.29, 1.82) is 0 Å². The molecule has 0 aliphatic carbocycles. The molecule has 0 aromatic rings. The highest BCUT2D eigenvalue weighted by Crippen LogP contribution is 1.83. The van der Waals surface area contributed by atoms with E-state index in [0.29, 0.717) is 12.5 Å². The van der Waals surface area contributed by atoms with E-state index in [0.717, 1.165) is 0 Å². The summed E-state index contributed by atoms with van der Waals surface area (Å²) in [6.07, 6.45) is 0. The fourth-order valence-electron chi connectivity index (χ4n) is 0. The summed E-state index contributed by atoms with van der Waals surface area (Å²) in [6, 6.07) is 0. The lowest BCUT2D eigenvalue weighted by Crippen LogP contribution is -1.90. The Morgan fingerprint density at radius 2 is 1.67 bits per heavy atom. The summed E-state index contributed by atoms with van der Waals surface area (Å²) in [5.74, 6) is 0.440. The molecule has 2 heteroatoms. The van der Waals surface area contributed by atoms with Crippen LogP contribution in [0.15, 0.2) is 0 Å². The van der Waals surface area contributed by atoms with Gasteiger partial charge in [0, 0.05) is 6.61 Å². The molecule has 0 saturated heterocycles. The van der Waals surface area contributed by atoms with Crippen molar-refractivity contribution >= 4 is 11.0 Å². The molecular weight excluding hydrogens is 92.1 g/mol. The van der Waals surface area contributed by atoms with Crippen molar-refractivity contribution in [2.75, 3.05) is 6.61 Å². The first-order valence-corrected chi connectivity index (χ1v) is 1.88. The molecule has 6 heavy (non-hydrogen) atoms. The fraction of sp³-hybridized carbons (Fsp3) is 1.00. The van der Waals surface area contributed by atoms with Gasteiger partial charge in [0.15, 0.2) is 0 Å². The first-order chi connectivity index (χ1) is 2.27. The van der Waals surface area contributed by atoms with E-state index in [1.54, 1.807) is 0 Å². The smallest absolute Gasteiger partial charge is 0.0453 e. The van der Waals surface area contributed by atoms with Gasteiger partial charge in [0.1, 0.15) is 0 Å². The van der Waals surface area contributed by atoms with Crippen LogP contribution in [0.5, 0.6) is 0 Å². The molecule has 0 amide bonds. The summed E-state index contributed by atoms with van der Waals surface area (Å²) < 4.78 is 0. The lowest BCUT2D eigenvalue weighted by molar-refractivity contribution is 0.248. The number of aliphatic hydroxyl groups is 1. The van der Waals surface area contributed by atoms with Gasteiger partial charge in [0.05, 0.1) is 0 Å². The molecule has 1 nitrogen and oxygen atoms in total. The van der Waals surface area contributed by atoms with Crippen LogP contribution in [0.2, 0.25) is 0 Å². The number of aliphatic hydroxyl groups excluding tert-OH is 1. The second kappa shape index (κ2) is 5.18. The van der Waals surface area contributed by atoms with Gasteiger partial charge in [-0.2, -0.15) is 0 Å². The van der Waals surface area contributed by atoms with Crippen LogP contribution in [-0.2, 0) is 0 Å². The summed E-state index contributed by atoms with van der Waals surface area (Å²) in [5.41, 5.74) is 0. The van der Waals surface area contributed by atoms with E-state index in [2.05, 4.69) is 0 Å². The minimum absolute atomic E-state index is 0. The summed E-state index contributed by atoms with van der Waals surface area (Å²) in [5, 5.41) is 8.14. The molecule has 0 fully saturated rings. The quantitative estimate of drug-likeness (QED) is 0.433. The van der Waals surface area contributed by atoms with Crippen LogP contribution in [-0.4, -0.2) is 22.7 Å². The summed E-state index contributed by atoms with van der Waals surface area (Å²) in [7, 11) is 0. The summed E-state index contributed by atoms with van der Waals surface area (Å²) in [6.45, 7) is 4.25. The second-order valence-electron chi connectivity index (χ2n) is 1.58. The van der Waals surface area contributed by atoms with E-state index < -0.39 is 0 Å². The molecule has 1 N–H and O–H groups in total. The number of rotatable bonds is 1. The average Bonchev–Trinajstić information content (AvgIpc) is 1.38.